The SMILES string of the molecule is O=C(O)COc1c(F)c(Cl)cc2c1CCCC2NS(=O)(=O)c1cc(Cl)ccc1Cl. The van der Waals surface area contributed by atoms with E-state index >= 15 is 0 Å². The van der Waals surface area contributed by atoms with E-state index in [0.29, 0.717) is 30.4 Å². The van der Waals surface area contributed by atoms with E-state index in [1.54, 1.807) is 0 Å². The van der Waals surface area contributed by atoms with Gasteiger partial charge >= 0.3 is 5.97 Å². The summed E-state index contributed by atoms with van der Waals surface area (Å²) in [4.78, 5) is 10.6. The summed E-state index contributed by atoms with van der Waals surface area (Å²) in [6, 6.07) is 4.66. The Morgan fingerprint density at radius 2 is 1.97 bits per heavy atom. The Bertz CT molecular complexity index is 1080. The van der Waals surface area contributed by atoms with Crippen LogP contribution >= 0.6 is 34.8 Å². The zero-order valence-corrected chi connectivity index (χ0v) is 17.8. The van der Waals surface area contributed by atoms with Crippen LogP contribution in [0.3, 0.4) is 0 Å². The van der Waals surface area contributed by atoms with Crippen molar-refractivity contribution in [1.82, 2.24) is 4.72 Å². The highest BCUT2D eigenvalue weighted by molar-refractivity contribution is 7.89. The second-order valence-corrected chi connectivity index (χ2v) is 9.33. The molecule has 2 aromatic rings. The van der Waals surface area contributed by atoms with Crippen molar-refractivity contribution in [2.24, 2.45) is 0 Å². The van der Waals surface area contributed by atoms with Crippen LogP contribution in [0.2, 0.25) is 15.1 Å². The van der Waals surface area contributed by atoms with Crippen LogP contribution in [0.25, 0.3) is 0 Å². The molecule has 0 amide bonds. The molecule has 2 N–H and O–H groups in total. The van der Waals surface area contributed by atoms with Gasteiger partial charge in [0.05, 0.1) is 10.0 Å². The van der Waals surface area contributed by atoms with Crippen LogP contribution in [0.5, 0.6) is 5.75 Å². The first kappa shape index (κ1) is 22.1. The summed E-state index contributed by atoms with van der Waals surface area (Å²) in [6.07, 6.45) is 1.33. The van der Waals surface area contributed by atoms with Crippen molar-refractivity contribution in [1.29, 1.82) is 0 Å². The zero-order valence-electron chi connectivity index (χ0n) is 14.7. The Kier molecular flexibility index (Phi) is 6.60. The van der Waals surface area contributed by atoms with Gasteiger partial charge in [0.1, 0.15) is 4.90 Å². The number of benzene rings is 2. The lowest BCUT2D eigenvalue weighted by atomic mass is 9.87. The maximum Gasteiger partial charge on any atom is 0.341 e. The first-order valence-corrected chi connectivity index (χ1v) is 11.0. The predicted octanol–water partition coefficient (Wildman–Crippen LogP) is 4.61. The molecule has 0 aromatic heterocycles. The second-order valence-electron chi connectivity index (χ2n) is 6.39. The number of sulfonamides is 1. The molecule has 11 heteroatoms. The topological polar surface area (TPSA) is 92.7 Å². The van der Waals surface area contributed by atoms with Gasteiger partial charge in [-0.25, -0.2) is 22.3 Å². The molecule has 1 atom stereocenters. The van der Waals surface area contributed by atoms with Crippen LogP contribution in [0.15, 0.2) is 29.2 Å². The first-order chi connectivity index (χ1) is 13.6. The fourth-order valence-electron chi connectivity index (χ4n) is 3.21. The monoisotopic (exact) mass is 481 g/mol. The molecule has 0 saturated carbocycles. The molecule has 1 unspecified atom stereocenters. The largest absolute Gasteiger partial charge is 0.479 e. The van der Waals surface area contributed by atoms with Crippen molar-refractivity contribution < 1.29 is 27.4 Å². The molecule has 29 heavy (non-hydrogen) atoms. The molecule has 156 valence electrons. The van der Waals surface area contributed by atoms with Gasteiger partial charge in [0, 0.05) is 16.6 Å². The molecular weight excluding hydrogens is 468 g/mol. The Labute approximate surface area is 181 Å². The lowest BCUT2D eigenvalue weighted by Crippen LogP contribution is -2.31. The van der Waals surface area contributed by atoms with E-state index in [2.05, 4.69) is 4.72 Å². The van der Waals surface area contributed by atoms with Crippen molar-refractivity contribution in [3.8, 4) is 5.75 Å². The predicted molar refractivity (Wildman–Crippen MR) is 107 cm³/mol. The van der Waals surface area contributed by atoms with Crippen molar-refractivity contribution in [3.05, 3.63) is 56.3 Å². The summed E-state index contributed by atoms with van der Waals surface area (Å²) in [7, 11) is -4.06. The van der Waals surface area contributed by atoms with E-state index in [0.717, 1.165) is 0 Å². The summed E-state index contributed by atoms with van der Waals surface area (Å²) in [5.74, 6) is -2.44. The number of hydrogen-bond donors (Lipinski definition) is 2. The van der Waals surface area contributed by atoms with Gasteiger partial charge in [-0.2, -0.15) is 0 Å². The van der Waals surface area contributed by atoms with E-state index < -0.39 is 34.5 Å². The maximum absolute atomic E-state index is 14.4. The molecule has 2 aromatic carbocycles. The average Bonchev–Trinajstić information content (AvgIpc) is 2.64. The quantitative estimate of drug-likeness (QED) is 0.627. The molecule has 1 aliphatic rings. The van der Waals surface area contributed by atoms with Crippen LogP contribution in [-0.2, 0) is 21.2 Å². The molecule has 0 fully saturated rings. The average molecular weight is 483 g/mol. The Balaban J connectivity index is 2.00. The van der Waals surface area contributed by atoms with Crippen molar-refractivity contribution in [2.45, 2.75) is 30.2 Å². The van der Waals surface area contributed by atoms with Gasteiger partial charge in [-0.15, -0.1) is 0 Å². The Hall–Kier alpha value is -1.58. The molecular formula is C18H15Cl3FNO5S. The van der Waals surface area contributed by atoms with E-state index in [-0.39, 0.29) is 25.7 Å². The standard InChI is InChI=1S/C18H15Cl3FNO5S/c19-9-4-5-12(20)15(6-9)29(26,27)23-14-3-1-2-10-11(14)7-13(21)17(22)18(10)28-8-16(24)25/h4-7,14,23H,1-3,8H2,(H,24,25). The van der Waals surface area contributed by atoms with E-state index in [9.17, 15) is 17.6 Å². The van der Waals surface area contributed by atoms with Gasteiger partial charge in [0.25, 0.3) is 0 Å². The van der Waals surface area contributed by atoms with Gasteiger partial charge in [-0.1, -0.05) is 34.8 Å². The van der Waals surface area contributed by atoms with Crippen molar-refractivity contribution in [3.63, 3.8) is 0 Å². The smallest absolute Gasteiger partial charge is 0.341 e. The minimum absolute atomic E-state index is 0.000511. The molecule has 0 radical (unpaired) electrons. The van der Waals surface area contributed by atoms with Gasteiger partial charge in [-0.3, -0.25) is 0 Å². The minimum Gasteiger partial charge on any atom is -0.479 e. The van der Waals surface area contributed by atoms with Gasteiger partial charge in [-0.05, 0) is 49.1 Å². The maximum atomic E-state index is 14.4. The van der Waals surface area contributed by atoms with Crippen LogP contribution in [0, 0.1) is 5.82 Å². The molecule has 0 spiro atoms. The van der Waals surface area contributed by atoms with Crippen LogP contribution in [0.4, 0.5) is 4.39 Å². The Morgan fingerprint density at radius 3 is 2.66 bits per heavy atom. The third-order valence-corrected chi connectivity index (χ3v) is 6.89. The Morgan fingerprint density at radius 1 is 1.24 bits per heavy atom. The number of carboxylic acids is 1. The van der Waals surface area contributed by atoms with Gasteiger partial charge in [0.2, 0.25) is 10.0 Å². The lowest BCUT2D eigenvalue weighted by molar-refractivity contribution is -0.139. The number of carboxylic acid groups (broad SMARTS) is 1. The summed E-state index contributed by atoms with van der Waals surface area (Å²) >= 11 is 17.9. The fraction of sp³-hybridized carbons (Fsp3) is 0.278. The minimum atomic E-state index is -4.06. The highest BCUT2D eigenvalue weighted by Gasteiger charge is 2.31. The van der Waals surface area contributed by atoms with Crippen molar-refractivity contribution >= 4 is 50.8 Å². The number of rotatable bonds is 6. The number of ether oxygens (including phenoxy) is 1. The molecule has 0 bridgehead atoms. The number of aliphatic carboxylic acids is 1. The molecule has 0 heterocycles. The molecule has 1 aliphatic carbocycles. The van der Waals surface area contributed by atoms with Crippen LogP contribution in [0.1, 0.15) is 30.0 Å². The molecule has 0 saturated heterocycles. The molecule has 6 nitrogen and oxygen atoms in total. The van der Waals surface area contributed by atoms with E-state index in [4.69, 9.17) is 44.6 Å². The van der Waals surface area contributed by atoms with E-state index in [1.165, 1.54) is 24.3 Å². The summed E-state index contributed by atoms with van der Waals surface area (Å²) < 4.78 is 47.8. The number of fused-ring (bicyclic) bond motifs is 1. The van der Waals surface area contributed by atoms with E-state index in [1.807, 2.05) is 0 Å². The van der Waals surface area contributed by atoms with Crippen molar-refractivity contribution in [2.75, 3.05) is 6.61 Å². The number of hydrogen-bond acceptors (Lipinski definition) is 4. The third kappa shape index (κ3) is 4.78. The summed E-state index contributed by atoms with van der Waals surface area (Å²) in [6.45, 7) is -0.752. The summed E-state index contributed by atoms with van der Waals surface area (Å²) in [5, 5.41) is 8.73. The first-order valence-electron chi connectivity index (χ1n) is 8.43. The highest BCUT2D eigenvalue weighted by atomic mass is 35.5. The molecule has 0 aliphatic heterocycles. The number of carbonyl (C=O) groups is 1. The highest BCUT2D eigenvalue weighted by Crippen LogP contribution is 2.41. The fourth-order valence-corrected chi connectivity index (χ4v) is 5.42. The normalized spacial score (nSPS) is 16.3. The molecule has 3 rings (SSSR count). The van der Waals surface area contributed by atoms with Gasteiger partial charge in [0.15, 0.2) is 18.2 Å². The lowest BCUT2D eigenvalue weighted by Gasteiger charge is -2.28. The number of halogens is 4. The number of nitrogens with one attached hydrogen (secondary N) is 1. The van der Waals surface area contributed by atoms with Crippen LogP contribution in [-0.4, -0.2) is 26.1 Å². The second kappa shape index (κ2) is 8.65. The third-order valence-electron chi connectivity index (χ3n) is 4.43. The summed E-state index contributed by atoms with van der Waals surface area (Å²) in [5.41, 5.74) is 0.800. The van der Waals surface area contributed by atoms with Crippen LogP contribution < -0.4 is 9.46 Å². The zero-order chi connectivity index (χ0) is 21.3. The van der Waals surface area contributed by atoms with Gasteiger partial charge < -0.3 is 9.84 Å².